The van der Waals surface area contributed by atoms with Crippen LogP contribution in [0.15, 0.2) is 54.6 Å². The van der Waals surface area contributed by atoms with E-state index < -0.39 is 6.04 Å². The molecule has 0 aliphatic rings. The maximum absolute atomic E-state index is 13.8. The van der Waals surface area contributed by atoms with Crippen LogP contribution in [0.4, 0.5) is 10.1 Å². The second-order valence-corrected chi connectivity index (χ2v) is 7.22. The Labute approximate surface area is 172 Å². The Hall–Kier alpha value is -2.89. The second-order valence-electron chi connectivity index (χ2n) is 7.22. The quantitative estimate of drug-likeness (QED) is 0.600. The van der Waals surface area contributed by atoms with Crippen LogP contribution in [0.25, 0.3) is 0 Å². The van der Waals surface area contributed by atoms with Crippen molar-refractivity contribution in [2.75, 3.05) is 25.0 Å². The molecule has 0 spiro atoms. The molecule has 2 rings (SSSR count). The molecule has 5 nitrogen and oxygen atoms in total. The first kappa shape index (κ1) is 22.4. The Bertz CT molecular complexity index is 798. The number of hydrogen-bond donors (Lipinski definition) is 2. The van der Waals surface area contributed by atoms with Crippen LogP contribution < -0.4 is 15.5 Å². The zero-order valence-corrected chi connectivity index (χ0v) is 17.3. The van der Waals surface area contributed by atoms with Crippen LogP contribution in [-0.2, 0) is 4.79 Å². The lowest BCUT2D eigenvalue weighted by atomic mass is 9.97. The highest BCUT2D eigenvalue weighted by atomic mass is 19.1. The van der Waals surface area contributed by atoms with Crippen molar-refractivity contribution in [1.29, 1.82) is 0 Å². The second kappa shape index (κ2) is 11.2. The number of halogens is 1. The highest BCUT2D eigenvalue weighted by molar-refractivity contribution is 5.97. The van der Waals surface area contributed by atoms with Crippen LogP contribution in [0, 0.1) is 11.7 Å². The maximum atomic E-state index is 13.8. The molecule has 0 bridgehead atoms. The molecule has 2 unspecified atom stereocenters. The Morgan fingerprint density at radius 1 is 1.07 bits per heavy atom. The minimum Gasteiger partial charge on any atom is -0.372 e. The molecule has 2 aromatic carbocycles. The van der Waals surface area contributed by atoms with Crippen molar-refractivity contribution in [3.05, 3.63) is 66.0 Å². The zero-order valence-electron chi connectivity index (χ0n) is 17.3. The number of nitrogens with one attached hydrogen (secondary N) is 2. The number of nitrogens with zero attached hydrogens (tertiary/aromatic N) is 1. The van der Waals surface area contributed by atoms with Crippen LogP contribution >= 0.6 is 0 Å². The van der Waals surface area contributed by atoms with E-state index in [-0.39, 0.29) is 23.5 Å². The molecule has 156 valence electrons. The number of amides is 2. The van der Waals surface area contributed by atoms with Crippen molar-refractivity contribution >= 4 is 17.5 Å². The minimum atomic E-state index is -0.600. The molecule has 2 atom stereocenters. The molecule has 0 radical (unpaired) electrons. The van der Waals surface area contributed by atoms with Gasteiger partial charge in [-0.25, -0.2) is 4.39 Å². The number of anilines is 1. The predicted octanol–water partition coefficient (Wildman–Crippen LogP) is 3.61. The van der Waals surface area contributed by atoms with E-state index in [0.717, 1.165) is 6.42 Å². The zero-order chi connectivity index (χ0) is 21.2. The molecule has 2 N–H and O–H groups in total. The maximum Gasteiger partial charge on any atom is 0.251 e. The van der Waals surface area contributed by atoms with E-state index >= 15 is 0 Å². The van der Waals surface area contributed by atoms with Gasteiger partial charge in [-0.2, -0.15) is 0 Å². The summed E-state index contributed by atoms with van der Waals surface area (Å²) in [6.07, 6.45) is 1.43. The smallest absolute Gasteiger partial charge is 0.251 e. The van der Waals surface area contributed by atoms with Gasteiger partial charge in [0.2, 0.25) is 5.91 Å². The molecule has 29 heavy (non-hydrogen) atoms. The third kappa shape index (κ3) is 6.59. The van der Waals surface area contributed by atoms with Crippen LogP contribution in [0.5, 0.6) is 0 Å². The van der Waals surface area contributed by atoms with E-state index in [0.29, 0.717) is 30.8 Å². The standard InChI is InChI=1S/C23H30FN3O2/c1-4-17(2)21(26-22(28)18-11-6-5-7-12-18)23(29)25-15-10-16-27(3)20-14-9-8-13-19(20)24/h5-9,11-14,17,21H,4,10,15-16H2,1-3H3,(H,25,29)(H,26,28). The molecular weight excluding hydrogens is 369 g/mol. The molecule has 0 heterocycles. The lowest BCUT2D eigenvalue weighted by molar-refractivity contribution is -0.124. The Balaban J connectivity index is 1.86. The lowest BCUT2D eigenvalue weighted by Crippen LogP contribution is -2.50. The third-order valence-corrected chi connectivity index (χ3v) is 5.05. The average Bonchev–Trinajstić information content (AvgIpc) is 2.74. The van der Waals surface area contributed by atoms with Gasteiger partial charge >= 0.3 is 0 Å². The number of para-hydroxylation sites is 1. The largest absolute Gasteiger partial charge is 0.372 e. The van der Waals surface area contributed by atoms with Crippen LogP contribution in [0.3, 0.4) is 0 Å². The SMILES string of the molecule is CCC(C)C(NC(=O)c1ccccc1)C(=O)NCCCN(C)c1ccccc1F. The fourth-order valence-electron chi connectivity index (χ4n) is 3.04. The van der Waals surface area contributed by atoms with E-state index in [2.05, 4.69) is 10.6 Å². The van der Waals surface area contributed by atoms with Gasteiger partial charge in [0.15, 0.2) is 0 Å². The van der Waals surface area contributed by atoms with Crippen molar-refractivity contribution < 1.29 is 14.0 Å². The van der Waals surface area contributed by atoms with Crippen molar-refractivity contribution in [3.8, 4) is 0 Å². The summed E-state index contributed by atoms with van der Waals surface area (Å²) in [7, 11) is 1.82. The van der Waals surface area contributed by atoms with Crippen molar-refractivity contribution in [2.24, 2.45) is 5.92 Å². The highest BCUT2D eigenvalue weighted by Gasteiger charge is 2.26. The van der Waals surface area contributed by atoms with Gasteiger partial charge in [0, 0.05) is 25.7 Å². The number of carbonyl (C=O) groups is 2. The first-order chi connectivity index (χ1) is 13.9. The number of hydrogen-bond acceptors (Lipinski definition) is 3. The molecule has 0 fully saturated rings. The van der Waals surface area contributed by atoms with Gasteiger partial charge in [0.05, 0.1) is 5.69 Å². The van der Waals surface area contributed by atoms with Gasteiger partial charge in [0.1, 0.15) is 11.9 Å². The lowest BCUT2D eigenvalue weighted by Gasteiger charge is -2.24. The molecule has 2 aromatic rings. The summed E-state index contributed by atoms with van der Waals surface area (Å²) >= 11 is 0. The summed E-state index contributed by atoms with van der Waals surface area (Å²) in [4.78, 5) is 27.0. The van der Waals surface area contributed by atoms with E-state index in [4.69, 9.17) is 0 Å². The fraction of sp³-hybridized carbons (Fsp3) is 0.391. The monoisotopic (exact) mass is 399 g/mol. The van der Waals surface area contributed by atoms with E-state index in [1.165, 1.54) is 6.07 Å². The fourth-order valence-corrected chi connectivity index (χ4v) is 3.04. The number of rotatable bonds is 10. The first-order valence-electron chi connectivity index (χ1n) is 10.0. The molecule has 0 saturated heterocycles. The van der Waals surface area contributed by atoms with Gasteiger partial charge in [-0.05, 0) is 36.6 Å². The summed E-state index contributed by atoms with van der Waals surface area (Å²) in [6, 6.07) is 14.9. The summed E-state index contributed by atoms with van der Waals surface area (Å²) in [5.41, 5.74) is 1.06. The van der Waals surface area contributed by atoms with Crippen molar-refractivity contribution in [1.82, 2.24) is 10.6 Å². The number of carbonyl (C=O) groups excluding carboxylic acids is 2. The van der Waals surface area contributed by atoms with Gasteiger partial charge in [-0.15, -0.1) is 0 Å². The van der Waals surface area contributed by atoms with E-state index in [1.807, 2.05) is 31.9 Å². The normalized spacial score (nSPS) is 12.7. The molecule has 0 saturated carbocycles. The van der Waals surface area contributed by atoms with Crippen LogP contribution in [0.2, 0.25) is 0 Å². The van der Waals surface area contributed by atoms with Gasteiger partial charge in [-0.1, -0.05) is 50.6 Å². The first-order valence-corrected chi connectivity index (χ1v) is 10.0. The minimum absolute atomic E-state index is 0.00347. The van der Waals surface area contributed by atoms with Crippen molar-refractivity contribution in [3.63, 3.8) is 0 Å². The topological polar surface area (TPSA) is 61.4 Å². The molecule has 6 heteroatoms. The van der Waals surface area contributed by atoms with Crippen LogP contribution in [-0.4, -0.2) is 38.0 Å². The van der Waals surface area contributed by atoms with Gasteiger partial charge in [-0.3, -0.25) is 9.59 Å². The molecule has 0 aliphatic heterocycles. The molecule has 2 amide bonds. The summed E-state index contributed by atoms with van der Waals surface area (Å²) in [6.45, 7) is 4.99. The van der Waals surface area contributed by atoms with E-state index in [9.17, 15) is 14.0 Å². The van der Waals surface area contributed by atoms with Crippen molar-refractivity contribution in [2.45, 2.75) is 32.7 Å². The van der Waals surface area contributed by atoms with Gasteiger partial charge in [0.25, 0.3) is 5.91 Å². The number of benzene rings is 2. The Morgan fingerprint density at radius 2 is 1.72 bits per heavy atom. The summed E-state index contributed by atoms with van der Waals surface area (Å²) in [5, 5.41) is 5.76. The average molecular weight is 400 g/mol. The summed E-state index contributed by atoms with van der Waals surface area (Å²) in [5.74, 6) is -0.717. The third-order valence-electron chi connectivity index (χ3n) is 5.05. The van der Waals surface area contributed by atoms with E-state index in [1.54, 1.807) is 42.5 Å². The molecule has 0 aromatic heterocycles. The Morgan fingerprint density at radius 3 is 2.38 bits per heavy atom. The molecule has 0 aliphatic carbocycles. The Kier molecular flexibility index (Phi) is 8.65. The highest BCUT2D eigenvalue weighted by Crippen LogP contribution is 2.17. The predicted molar refractivity (Wildman–Crippen MR) is 114 cm³/mol. The summed E-state index contributed by atoms with van der Waals surface area (Å²) < 4.78 is 13.8. The van der Waals surface area contributed by atoms with Gasteiger partial charge < -0.3 is 15.5 Å². The molecular formula is C23H30FN3O2. The van der Waals surface area contributed by atoms with Crippen LogP contribution in [0.1, 0.15) is 37.0 Å².